The highest BCUT2D eigenvalue weighted by Crippen LogP contribution is 2.14. The van der Waals surface area contributed by atoms with Crippen molar-refractivity contribution in [2.75, 3.05) is 20.1 Å². The number of aromatic nitrogens is 1. The smallest absolute Gasteiger partial charge is 0.0697 e. The van der Waals surface area contributed by atoms with E-state index < -0.39 is 0 Å². The third kappa shape index (κ3) is 4.41. The van der Waals surface area contributed by atoms with Crippen LogP contribution in [-0.2, 0) is 6.42 Å². The molecule has 1 heterocycles. The largest absolute Gasteiger partial charge is 0.304 e. The summed E-state index contributed by atoms with van der Waals surface area (Å²) in [7, 11) is 2.04. The van der Waals surface area contributed by atoms with Crippen molar-refractivity contribution in [1.82, 2.24) is 9.88 Å². The molecule has 16 heavy (non-hydrogen) atoms. The first-order chi connectivity index (χ1) is 7.53. The SMILES string of the molecule is CN(CCc1ccccn1)CC(C)(C)C#N. The van der Waals surface area contributed by atoms with Gasteiger partial charge in [0.25, 0.3) is 0 Å². The Kier molecular flexibility index (Phi) is 4.45. The molecule has 1 rings (SSSR count). The van der Waals surface area contributed by atoms with E-state index in [9.17, 15) is 0 Å². The molecule has 1 aromatic rings. The summed E-state index contributed by atoms with van der Waals surface area (Å²) in [5.41, 5.74) is 0.822. The van der Waals surface area contributed by atoms with Crippen LogP contribution in [0.4, 0.5) is 0 Å². The summed E-state index contributed by atoms with van der Waals surface area (Å²) < 4.78 is 0. The van der Waals surface area contributed by atoms with E-state index in [1.165, 1.54) is 0 Å². The number of nitriles is 1. The molecule has 0 aliphatic rings. The van der Waals surface area contributed by atoms with Gasteiger partial charge in [-0.15, -0.1) is 0 Å². The Bertz CT molecular complexity index is 351. The van der Waals surface area contributed by atoms with Crippen LogP contribution in [0.2, 0.25) is 0 Å². The third-order valence-electron chi connectivity index (χ3n) is 2.44. The minimum absolute atomic E-state index is 0.279. The minimum Gasteiger partial charge on any atom is -0.304 e. The van der Waals surface area contributed by atoms with Crippen LogP contribution in [0.5, 0.6) is 0 Å². The van der Waals surface area contributed by atoms with Crippen LogP contribution >= 0.6 is 0 Å². The van der Waals surface area contributed by atoms with Crippen LogP contribution in [0.25, 0.3) is 0 Å². The van der Waals surface area contributed by atoms with Gasteiger partial charge in [0, 0.05) is 31.4 Å². The Morgan fingerprint density at radius 3 is 2.75 bits per heavy atom. The molecule has 0 atom stereocenters. The molecule has 3 heteroatoms. The summed E-state index contributed by atoms with van der Waals surface area (Å²) in [5, 5.41) is 8.94. The van der Waals surface area contributed by atoms with Crippen molar-refractivity contribution in [2.45, 2.75) is 20.3 Å². The minimum atomic E-state index is -0.279. The molecule has 0 unspecified atom stereocenters. The fourth-order valence-electron chi connectivity index (χ4n) is 1.64. The summed E-state index contributed by atoms with van der Waals surface area (Å²) in [6.07, 6.45) is 2.74. The number of nitrogens with zero attached hydrogens (tertiary/aromatic N) is 3. The summed E-state index contributed by atoms with van der Waals surface area (Å²) in [6, 6.07) is 8.27. The molecule has 0 saturated carbocycles. The van der Waals surface area contributed by atoms with Crippen LogP contribution in [-0.4, -0.2) is 30.0 Å². The molecule has 1 aromatic heterocycles. The zero-order valence-corrected chi connectivity index (χ0v) is 10.3. The monoisotopic (exact) mass is 217 g/mol. The number of likely N-dealkylation sites (N-methyl/N-ethyl adjacent to an activating group) is 1. The third-order valence-corrected chi connectivity index (χ3v) is 2.44. The summed E-state index contributed by atoms with van der Waals surface area (Å²) in [6.45, 7) is 5.65. The fraction of sp³-hybridized carbons (Fsp3) is 0.538. The molecule has 0 aliphatic carbocycles. The van der Waals surface area contributed by atoms with Gasteiger partial charge in [-0.3, -0.25) is 4.98 Å². The predicted molar refractivity (Wildman–Crippen MR) is 64.8 cm³/mol. The van der Waals surface area contributed by atoms with E-state index in [0.717, 1.165) is 25.2 Å². The zero-order chi connectivity index (χ0) is 12.0. The van der Waals surface area contributed by atoms with Crippen molar-refractivity contribution in [3.8, 4) is 6.07 Å². The maximum Gasteiger partial charge on any atom is 0.0697 e. The molecule has 0 amide bonds. The van der Waals surface area contributed by atoms with Crippen molar-refractivity contribution in [3.63, 3.8) is 0 Å². The molecule has 0 spiro atoms. The maximum atomic E-state index is 8.94. The van der Waals surface area contributed by atoms with Gasteiger partial charge in [-0.05, 0) is 33.0 Å². The second-order valence-electron chi connectivity index (χ2n) is 4.80. The van der Waals surface area contributed by atoms with Crippen molar-refractivity contribution in [1.29, 1.82) is 5.26 Å². The average Bonchev–Trinajstić information content (AvgIpc) is 2.27. The highest BCUT2D eigenvalue weighted by atomic mass is 15.1. The molecular weight excluding hydrogens is 198 g/mol. The summed E-state index contributed by atoms with van der Waals surface area (Å²) in [4.78, 5) is 6.45. The first-order valence-electron chi connectivity index (χ1n) is 5.53. The van der Waals surface area contributed by atoms with Crippen LogP contribution in [0.3, 0.4) is 0 Å². The molecule has 0 aromatic carbocycles. The lowest BCUT2D eigenvalue weighted by Gasteiger charge is -2.23. The van der Waals surface area contributed by atoms with Crippen LogP contribution in [0.1, 0.15) is 19.5 Å². The van der Waals surface area contributed by atoms with Gasteiger partial charge in [0.1, 0.15) is 0 Å². The lowest BCUT2D eigenvalue weighted by molar-refractivity contribution is 0.257. The molecule has 3 nitrogen and oxygen atoms in total. The Balaban J connectivity index is 2.37. The number of hydrogen-bond acceptors (Lipinski definition) is 3. The summed E-state index contributed by atoms with van der Waals surface area (Å²) in [5.74, 6) is 0. The van der Waals surface area contributed by atoms with Gasteiger partial charge in [0.05, 0.1) is 11.5 Å². The lowest BCUT2D eigenvalue weighted by Crippen LogP contribution is -2.31. The first kappa shape index (κ1) is 12.7. The van der Waals surface area contributed by atoms with E-state index in [-0.39, 0.29) is 5.41 Å². The Hall–Kier alpha value is -1.40. The second-order valence-corrected chi connectivity index (χ2v) is 4.80. The molecule has 0 saturated heterocycles. The van der Waals surface area contributed by atoms with Crippen LogP contribution < -0.4 is 0 Å². The quantitative estimate of drug-likeness (QED) is 0.758. The Labute approximate surface area is 97.7 Å². The Morgan fingerprint density at radius 2 is 2.19 bits per heavy atom. The van der Waals surface area contributed by atoms with Gasteiger partial charge < -0.3 is 4.90 Å². The highest BCUT2D eigenvalue weighted by molar-refractivity contribution is 5.04. The van der Waals surface area contributed by atoms with E-state index in [4.69, 9.17) is 5.26 Å². The standard InChI is InChI=1S/C13H19N3/c1-13(2,10-14)11-16(3)9-7-12-6-4-5-8-15-12/h4-6,8H,7,9,11H2,1-3H3. The molecule has 0 bridgehead atoms. The highest BCUT2D eigenvalue weighted by Gasteiger charge is 2.18. The average molecular weight is 217 g/mol. The topological polar surface area (TPSA) is 39.9 Å². The maximum absolute atomic E-state index is 8.94. The second kappa shape index (κ2) is 5.62. The molecular formula is C13H19N3. The van der Waals surface area contributed by atoms with E-state index in [1.54, 1.807) is 0 Å². The van der Waals surface area contributed by atoms with Gasteiger partial charge >= 0.3 is 0 Å². The Morgan fingerprint density at radius 1 is 1.44 bits per heavy atom. The van der Waals surface area contributed by atoms with Gasteiger partial charge in [-0.25, -0.2) is 0 Å². The van der Waals surface area contributed by atoms with E-state index in [2.05, 4.69) is 16.0 Å². The van der Waals surface area contributed by atoms with E-state index in [1.807, 2.05) is 45.3 Å². The van der Waals surface area contributed by atoms with Crippen molar-refractivity contribution in [3.05, 3.63) is 30.1 Å². The normalized spacial score (nSPS) is 11.4. The molecule has 0 aliphatic heterocycles. The van der Waals surface area contributed by atoms with Crippen LogP contribution in [0.15, 0.2) is 24.4 Å². The van der Waals surface area contributed by atoms with E-state index in [0.29, 0.717) is 0 Å². The lowest BCUT2D eigenvalue weighted by atomic mass is 9.95. The first-order valence-corrected chi connectivity index (χ1v) is 5.53. The van der Waals surface area contributed by atoms with Crippen LogP contribution in [0, 0.1) is 16.7 Å². The number of hydrogen-bond donors (Lipinski definition) is 0. The molecule has 0 fully saturated rings. The van der Waals surface area contributed by atoms with Crippen molar-refractivity contribution in [2.24, 2.45) is 5.41 Å². The molecule has 0 radical (unpaired) electrons. The molecule has 0 N–H and O–H groups in total. The summed E-state index contributed by atoms with van der Waals surface area (Å²) >= 11 is 0. The van der Waals surface area contributed by atoms with Crippen molar-refractivity contribution >= 4 is 0 Å². The predicted octanol–water partition coefficient (Wildman–Crippen LogP) is 2.11. The number of rotatable bonds is 5. The van der Waals surface area contributed by atoms with Gasteiger partial charge in [0.15, 0.2) is 0 Å². The fourth-order valence-corrected chi connectivity index (χ4v) is 1.64. The number of pyridine rings is 1. The zero-order valence-electron chi connectivity index (χ0n) is 10.3. The molecule has 86 valence electrons. The van der Waals surface area contributed by atoms with Gasteiger partial charge in [-0.1, -0.05) is 6.07 Å². The van der Waals surface area contributed by atoms with E-state index >= 15 is 0 Å². The van der Waals surface area contributed by atoms with Gasteiger partial charge in [0.2, 0.25) is 0 Å². The van der Waals surface area contributed by atoms with Gasteiger partial charge in [-0.2, -0.15) is 5.26 Å². The van der Waals surface area contributed by atoms with Crippen molar-refractivity contribution < 1.29 is 0 Å².